The molecule has 0 aromatic heterocycles. The molecule has 2 fully saturated rings. The number of hydrogen-bond donors (Lipinski definition) is 3. The lowest BCUT2D eigenvalue weighted by molar-refractivity contribution is -0.145. The van der Waals surface area contributed by atoms with E-state index in [1.807, 2.05) is 0 Å². The molecule has 3 amide bonds. The maximum atomic E-state index is 13.5. The topological polar surface area (TPSA) is 108 Å². The zero-order valence-electron chi connectivity index (χ0n) is 19.9. The van der Waals surface area contributed by atoms with Gasteiger partial charge in [-0.25, -0.2) is 4.79 Å². The Bertz CT molecular complexity index is 841. The summed E-state index contributed by atoms with van der Waals surface area (Å²) >= 11 is 0. The number of phenols is 1. The molecule has 0 radical (unpaired) electrons. The minimum absolute atomic E-state index is 0.0378. The van der Waals surface area contributed by atoms with Gasteiger partial charge >= 0.3 is 6.09 Å². The van der Waals surface area contributed by atoms with Crippen molar-refractivity contribution in [3.63, 3.8) is 0 Å². The molecule has 1 unspecified atom stereocenters. The van der Waals surface area contributed by atoms with Crippen LogP contribution >= 0.6 is 0 Å². The average Bonchev–Trinajstić information content (AvgIpc) is 2.70. The third-order valence-electron chi connectivity index (χ3n) is 6.20. The van der Waals surface area contributed by atoms with Gasteiger partial charge in [-0.1, -0.05) is 31.4 Å². The number of rotatable bonds is 7. The second kappa shape index (κ2) is 10.9. The van der Waals surface area contributed by atoms with E-state index in [1.54, 1.807) is 43.9 Å². The lowest BCUT2D eigenvalue weighted by atomic mass is 9.88. The number of hydrogen-bond acceptors (Lipinski definition) is 5. The molecule has 0 bridgehead atoms. The van der Waals surface area contributed by atoms with Gasteiger partial charge in [-0.15, -0.1) is 0 Å². The highest BCUT2D eigenvalue weighted by Gasteiger charge is 2.39. The van der Waals surface area contributed by atoms with Crippen LogP contribution in [-0.2, 0) is 14.3 Å². The minimum atomic E-state index is -0.878. The summed E-state index contributed by atoms with van der Waals surface area (Å²) in [5, 5.41) is 15.7. The van der Waals surface area contributed by atoms with Crippen molar-refractivity contribution >= 4 is 17.9 Å². The molecule has 33 heavy (non-hydrogen) atoms. The van der Waals surface area contributed by atoms with Crippen molar-refractivity contribution in [3.05, 3.63) is 29.8 Å². The summed E-state index contributed by atoms with van der Waals surface area (Å²) in [6.07, 6.45) is 7.07. The Morgan fingerprint density at radius 3 is 2.36 bits per heavy atom. The molecule has 1 aromatic carbocycles. The number of benzene rings is 1. The van der Waals surface area contributed by atoms with E-state index < -0.39 is 17.7 Å². The number of ether oxygens (including phenoxy) is 1. The van der Waals surface area contributed by atoms with Crippen molar-refractivity contribution in [2.75, 3.05) is 6.54 Å². The second-order valence-electron chi connectivity index (χ2n) is 10.1. The maximum Gasteiger partial charge on any atom is 0.408 e. The van der Waals surface area contributed by atoms with E-state index in [0.717, 1.165) is 44.9 Å². The van der Waals surface area contributed by atoms with Gasteiger partial charge in [0.05, 0.1) is 0 Å². The van der Waals surface area contributed by atoms with Gasteiger partial charge in [-0.2, -0.15) is 0 Å². The van der Waals surface area contributed by atoms with Gasteiger partial charge in [-0.05, 0) is 70.6 Å². The van der Waals surface area contributed by atoms with E-state index in [9.17, 15) is 19.5 Å². The summed E-state index contributed by atoms with van der Waals surface area (Å²) in [6.45, 7) is 4.99. The Kier molecular flexibility index (Phi) is 8.21. The highest BCUT2D eigenvalue weighted by molar-refractivity contribution is 5.91. The number of carbonyl (C=O) groups excluding carboxylic acids is 3. The van der Waals surface area contributed by atoms with Crippen LogP contribution in [0.3, 0.4) is 0 Å². The van der Waals surface area contributed by atoms with E-state index in [2.05, 4.69) is 10.6 Å². The first kappa shape index (κ1) is 24.9. The molecule has 0 saturated heterocycles. The van der Waals surface area contributed by atoms with Gasteiger partial charge in [0.25, 0.3) is 0 Å². The first-order chi connectivity index (χ1) is 15.6. The largest absolute Gasteiger partial charge is 0.508 e. The second-order valence-corrected chi connectivity index (χ2v) is 10.1. The molecule has 8 nitrogen and oxygen atoms in total. The van der Waals surface area contributed by atoms with Crippen molar-refractivity contribution < 1.29 is 24.2 Å². The fourth-order valence-corrected chi connectivity index (χ4v) is 4.44. The van der Waals surface area contributed by atoms with Crippen LogP contribution in [0.25, 0.3) is 0 Å². The van der Waals surface area contributed by atoms with Crippen LogP contribution in [0.1, 0.15) is 83.7 Å². The van der Waals surface area contributed by atoms with Crippen LogP contribution in [0.2, 0.25) is 0 Å². The van der Waals surface area contributed by atoms with Crippen molar-refractivity contribution in [3.8, 4) is 5.75 Å². The summed E-state index contributed by atoms with van der Waals surface area (Å²) in [5.41, 5.74) is -0.119. The summed E-state index contributed by atoms with van der Waals surface area (Å²) in [5.74, 6) is -0.557. The van der Waals surface area contributed by atoms with Gasteiger partial charge in [0.1, 0.15) is 23.9 Å². The third-order valence-corrected chi connectivity index (χ3v) is 6.20. The highest BCUT2D eigenvalue weighted by Crippen LogP contribution is 2.34. The van der Waals surface area contributed by atoms with Crippen LogP contribution in [0.4, 0.5) is 4.79 Å². The predicted molar refractivity (Wildman–Crippen MR) is 125 cm³/mol. The molecule has 2 aliphatic carbocycles. The summed E-state index contributed by atoms with van der Waals surface area (Å²) in [6, 6.07) is 5.62. The van der Waals surface area contributed by atoms with E-state index >= 15 is 0 Å². The van der Waals surface area contributed by atoms with E-state index in [-0.39, 0.29) is 36.2 Å². The number of nitrogens with one attached hydrogen (secondary N) is 2. The standard InChI is InChI=1S/C25H37N3O5/c1-25(2,3)33-24(32)26-16-21(30)28(19-12-8-13-19)22(17-9-7-14-20(29)15-17)23(31)27-18-10-5-4-6-11-18/h7,9,14-15,18-19,22,29H,4-6,8,10-13,16H2,1-3H3,(H,26,32)(H,27,31). The molecule has 8 heteroatoms. The lowest BCUT2D eigenvalue weighted by Gasteiger charge is -2.42. The molecule has 0 spiro atoms. The fraction of sp³-hybridized carbons (Fsp3) is 0.640. The van der Waals surface area contributed by atoms with Gasteiger partial charge in [-0.3, -0.25) is 9.59 Å². The molecule has 1 aromatic rings. The Balaban J connectivity index is 1.82. The average molecular weight is 460 g/mol. The van der Waals surface area contributed by atoms with Crippen LogP contribution in [0.5, 0.6) is 5.75 Å². The quantitative estimate of drug-likeness (QED) is 0.575. The normalized spacial score (nSPS) is 18.0. The third kappa shape index (κ3) is 7.11. The number of nitrogens with zero attached hydrogens (tertiary/aromatic N) is 1. The highest BCUT2D eigenvalue weighted by atomic mass is 16.6. The molecular weight excluding hydrogens is 422 g/mol. The van der Waals surface area contributed by atoms with Crippen molar-refractivity contribution in [1.82, 2.24) is 15.5 Å². The smallest absolute Gasteiger partial charge is 0.408 e. The van der Waals surface area contributed by atoms with Gasteiger partial charge in [0, 0.05) is 12.1 Å². The van der Waals surface area contributed by atoms with Crippen LogP contribution < -0.4 is 10.6 Å². The Morgan fingerprint density at radius 1 is 1.09 bits per heavy atom. The molecule has 2 aliphatic rings. The molecule has 182 valence electrons. The van der Waals surface area contributed by atoms with Crippen molar-refractivity contribution in [1.29, 1.82) is 0 Å². The van der Waals surface area contributed by atoms with Crippen LogP contribution in [0.15, 0.2) is 24.3 Å². The molecule has 0 aliphatic heterocycles. The Morgan fingerprint density at radius 2 is 1.79 bits per heavy atom. The number of carbonyl (C=O) groups is 3. The zero-order valence-corrected chi connectivity index (χ0v) is 19.9. The molecular formula is C25H37N3O5. The lowest BCUT2D eigenvalue weighted by Crippen LogP contribution is -2.54. The maximum absolute atomic E-state index is 13.5. The number of alkyl carbamates (subject to hydrolysis) is 1. The summed E-state index contributed by atoms with van der Waals surface area (Å²) in [7, 11) is 0. The Hall–Kier alpha value is -2.77. The van der Waals surface area contributed by atoms with Gasteiger partial charge in [0.15, 0.2) is 0 Å². The summed E-state index contributed by atoms with van der Waals surface area (Å²) < 4.78 is 5.24. The Labute approximate surface area is 196 Å². The molecule has 3 rings (SSSR count). The first-order valence-electron chi connectivity index (χ1n) is 12.0. The number of phenolic OH excluding ortho intramolecular Hbond substituents is 1. The predicted octanol–water partition coefficient (Wildman–Crippen LogP) is 3.79. The zero-order chi connectivity index (χ0) is 24.0. The number of aromatic hydroxyl groups is 1. The van der Waals surface area contributed by atoms with Crippen molar-refractivity contribution in [2.45, 2.75) is 95.9 Å². The van der Waals surface area contributed by atoms with E-state index in [4.69, 9.17) is 4.74 Å². The van der Waals surface area contributed by atoms with Crippen molar-refractivity contribution in [2.24, 2.45) is 0 Å². The number of amides is 3. The molecule has 2 saturated carbocycles. The van der Waals surface area contributed by atoms with Gasteiger partial charge < -0.3 is 25.4 Å². The molecule has 3 N–H and O–H groups in total. The van der Waals surface area contributed by atoms with Crippen LogP contribution in [-0.4, -0.2) is 52.1 Å². The first-order valence-corrected chi connectivity index (χ1v) is 12.0. The summed E-state index contributed by atoms with van der Waals surface area (Å²) in [4.78, 5) is 40.6. The molecule has 1 atom stereocenters. The van der Waals surface area contributed by atoms with Gasteiger partial charge in [0.2, 0.25) is 11.8 Å². The fourth-order valence-electron chi connectivity index (χ4n) is 4.44. The SMILES string of the molecule is CC(C)(C)OC(=O)NCC(=O)N(C1CCC1)C(C(=O)NC1CCCCC1)c1cccc(O)c1. The van der Waals surface area contributed by atoms with E-state index in [1.165, 1.54) is 12.5 Å². The van der Waals surface area contributed by atoms with E-state index in [0.29, 0.717) is 5.56 Å². The van der Waals surface area contributed by atoms with Crippen LogP contribution in [0, 0.1) is 0 Å². The minimum Gasteiger partial charge on any atom is -0.508 e. The monoisotopic (exact) mass is 459 g/mol. The molecule has 0 heterocycles.